The van der Waals surface area contributed by atoms with Crippen molar-refractivity contribution < 1.29 is 14.3 Å². The van der Waals surface area contributed by atoms with E-state index in [-0.39, 0.29) is 12.5 Å². The number of nitrogens with zero attached hydrogens (tertiary/aromatic N) is 2. The third kappa shape index (κ3) is 5.57. The Morgan fingerprint density at radius 3 is 2.43 bits per heavy atom. The second-order valence-corrected chi connectivity index (χ2v) is 11.1. The molecular formula is C25H21BrCl2N2O3S2. The fraction of sp³-hybridized carbons (Fsp3) is 0.200. The first-order valence-electron chi connectivity index (χ1n) is 10.7. The largest absolute Gasteiger partial charge is 0.490 e. The molecule has 2 aromatic carbocycles. The maximum absolute atomic E-state index is 13.2. The topological polar surface area (TPSA) is 43.7 Å². The highest BCUT2D eigenvalue weighted by atomic mass is 79.9. The maximum atomic E-state index is 13.2. The van der Waals surface area contributed by atoms with Gasteiger partial charge < -0.3 is 9.47 Å². The van der Waals surface area contributed by atoms with Crippen molar-refractivity contribution in [2.45, 2.75) is 27.4 Å². The lowest BCUT2D eigenvalue weighted by Crippen LogP contribution is -2.39. The van der Waals surface area contributed by atoms with Crippen LogP contribution in [0.15, 0.2) is 51.8 Å². The van der Waals surface area contributed by atoms with Gasteiger partial charge in [0.25, 0.3) is 5.91 Å². The number of ether oxygens (including phenoxy) is 2. The van der Waals surface area contributed by atoms with Gasteiger partial charge in [-0.15, -0.1) is 0 Å². The van der Waals surface area contributed by atoms with Crippen LogP contribution in [0, 0.1) is 13.8 Å². The molecule has 4 rings (SSSR count). The fourth-order valence-corrected chi connectivity index (χ4v) is 5.76. The van der Waals surface area contributed by atoms with Crippen LogP contribution in [0.3, 0.4) is 0 Å². The first-order valence-corrected chi connectivity index (χ1v) is 13.4. The summed E-state index contributed by atoms with van der Waals surface area (Å²) in [5.74, 6) is 0.943. The molecule has 0 radical (unpaired) electrons. The lowest BCUT2D eigenvalue weighted by Gasteiger charge is -2.20. The molecule has 1 aromatic heterocycles. The molecule has 182 valence electrons. The molecule has 1 aliphatic heterocycles. The zero-order chi connectivity index (χ0) is 25.3. The van der Waals surface area contributed by atoms with E-state index in [0.29, 0.717) is 41.8 Å². The van der Waals surface area contributed by atoms with Crippen LogP contribution in [-0.4, -0.2) is 21.5 Å². The third-order valence-electron chi connectivity index (χ3n) is 5.20. The monoisotopic (exact) mass is 610 g/mol. The summed E-state index contributed by atoms with van der Waals surface area (Å²) in [5, 5.41) is 2.49. The molecule has 0 aliphatic carbocycles. The Morgan fingerprint density at radius 2 is 1.77 bits per heavy atom. The average molecular weight is 612 g/mol. The number of amides is 1. The number of carbonyl (C=O) groups is 1. The second kappa shape index (κ2) is 11.0. The van der Waals surface area contributed by atoms with Crippen molar-refractivity contribution in [1.29, 1.82) is 0 Å². The van der Waals surface area contributed by atoms with Gasteiger partial charge in [0.2, 0.25) is 0 Å². The number of carbonyl (C=O) groups excluding carboxylic acids is 1. The first kappa shape index (κ1) is 26.1. The Morgan fingerprint density at radius 1 is 1.06 bits per heavy atom. The van der Waals surface area contributed by atoms with Crippen molar-refractivity contribution in [1.82, 2.24) is 4.68 Å². The van der Waals surface area contributed by atoms with Crippen molar-refractivity contribution in [2.24, 2.45) is 0 Å². The van der Waals surface area contributed by atoms with Crippen LogP contribution in [0.25, 0.3) is 6.08 Å². The summed E-state index contributed by atoms with van der Waals surface area (Å²) < 4.78 is 14.9. The minimum absolute atomic E-state index is 0.170. The molecule has 2 heterocycles. The first-order chi connectivity index (χ1) is 16.7. The van der Waals surface area contributed by atoms with Gasteiger partial charge in [-0.3, -0.25) is 9.47 Å². The number of benzene rings is 2. The number of thioether (sulfide) groups is 1. The Labute approximate surface area is 232 Å². The molecule has 0 unspecified atom stereocenters. The standard InChI is InChI=1S/C25H21BrCl2N2O3S2/c1-4-32-21-11-17(9-18(26)23(21)33-13-16-7-8-19(27)20(28)10-16)12-22-24(31)30(25(34)35-22)29-14(2)5-6-15(29)3/h5-12H,4,13H2,1-3H3/b22-12+. The zero-order valence-corrected chi connectivity index (χ0v) is 23.8. The number of halogens is 3. The highest BCUT2D eigenvalue weighted by Gasteiger charge is 2.34. The van der Waals surface area contributed by atoms with Crippen molar-refractivity contribution in [3.63, 3.8) is 0 Å². The third-order valence-corrected chi connectivity index (χ3v) is 7.81. The van der Waals surface area contributed by atoms with Gasteiger partial charge in [-0.1, -0.05) is 41.0 Å². The van der Waals surface area contributed by atoms with Crippen molar-refractivity contribution in [3.05, 3.63) is 84.4 Å². The predicted molar refractivity (Wildman–Crippen MR) is 151 cm³/mol. The number of thiocarbonyl (C=S) groups is 1. The average Bonchev–Trinajstić information content (AvgIpc) is 3.26. The molecule has 1 amide bonds. The smallest absolute Gasteiger partial charge is 0.285 e. The molecule has 0 bridgehead atoms. The summed E-state index contributed by atoms with van der Waals surface area (Å²) in [6.07, 6.45) is 1.81. The Balaban J connectivity index is 1.61. The summed E-state index contributed by atoms with van der Waals surface area (Å²) in [5.41, 5.74) is 3.52. The molecule has 1 aliphatic rings. The number of hydrogen-bond donors (Lipinski definition) is 0. The molecule has 3 aromatic rings. The minimum atomic E-state index is -0.170. The van der Waals surface area contributed by atoms with Crippen LogP contribution in [0.2, 0.25) is 10.0 Å². The number of rotatable bonds is 7. The molecule has 0 N–H and O–H groups in total. The van der Waals surface area contributed by atoms with Crippen LogP contribution in [0.1, 0.15) is 29.4 Å². The van der Waals surface area contributed by atoms with Gasteiger partial charge in [-0.25, -0.2) is 0 Å². The summed E-state index contributed by atoms with van der Waals surface area (Å²) >= 11 is 22.5. The van der Waals surface area contributed by atoms with E-state index in [0.717, 1.165) is 22.5 Å². The molecule has 10 heteroatoms. The van der Waals surface area contributed by atoms with Crippen LogP contribution in [0.5, 0.6) is 11.5 Å². The van der Waals surface area contributed by atoms with E-state index in [1.165, 1.54) is 16.8 Å². The minimum Gasteiger partial charge on any atom is -0.490 e. The number of aromatic nitrogens is 1. The van der Waals surface area contributed by atoms with Crippen molar-refractivity contribution >= 4 is 79.4 Å². The van der Waals surface area contributed by atoms with Crippen LogP contribution < -0.4 is 14.5 Å². The Bertz CT molecular complexity index is 1340. The van der Waals surface area contributed by atoms with Gasteiger partial charge in [0.1, 0.15) is 6.61 Å². The molecule has 0 saturated carbocycles. The SMILES string of the molecule is CCOc1cc(/C=C2/SC(=S)N(n3c(C)ccc3C)C2=O)cc(Br)c1OCc1ccc(Cl)c(Cl)c1. The van der Waals surface area contributed by atoms with E-state index < -0.39 is 0 Å². The molecule has 0 atom stereocenters. The van der Waals surface area contributed by atoms with E-state index in [9.17, 15) is 4.79 Å². The molecule has 1 fully saturated rings. The van der Waals surface area contributed by atoms with Gasteiger partial charge in [0.15, 0.2) is 15.8 Å². The summed E-state index contributed by atoms with van der Waals surface area (Å²) in [4.78, 5) is 13.8. The number of aryl methyl sites for hydroxylation is 2. The molecular weight excluding hydrogens is 591 g/mol. The lowest BCUT2D eigenvalue weighted by atomic mass is 10.1. The summed E-state index contributed by atoms with van der Waals surface area (Å²) in [6.45, 7) is 6.52. The maximum Gasteiger partial charge on any atom is 0.285 e. The van der Waals surface area contributed by atoms with E-state index in [1.807, 2.05) is 61.9 Å². The Hall–Kier alpha value is -1.97. The van der Waals surface area contributed by atoms with Gasteiger partial charge in [0, 0.05) is 11.4 Å². The fourth-order valence-electron chi connectivity index (χ4n) is 3.62. The zero-order valence-electron chi connectivity index (χ0n) is 19.1. The molecule has 5 nitrogen and oxygen atoms in total. The van der Waals surface area contributed by atoms with E-state index in [1.54, 1.807) is 12.1 Å². The highest BCUT2D eigenvalue weighted by molar-refractivity contribution is 9.10. The van der Waals surface area contributed by atoms with Crippen LogP contribution in [-0.2, 0) is 11.4 Å². The molecule has 35 heavy (non-hydrogen) atoms. The van der Waals surface area contributed by atoms with Crippen LogP contribution >= 0.6 is 63.1 Å². The molecule has 1 saturated heterocycles. The normalized spacial score (nSPS) is 14.8. The van der Waals surface area contributed by atoms with Gasteiger partial charge in [-0.2, -0.15) is 5.01 Å². The van der Waals surface area contributed by atoms with E-state index >= 15 is 0 Å². The van der Waals surface area contributed by atoms with Crippen LogP contribution in [0.4, 0.5) is 0 Å². The van der Waals surface area contributed by atoms with E-state index in [2.05, 4.69) is 15.9 Å². The van der Waals surface area contributed by atoms with Crippen molar-refractivity contribution in [3.8, 4) is 11.5 Å². The predicted octanol–water partition coefficient (Wildman–Crippen LogP) is 7.69. The Kier molecular flexibility index (Phi) is 8.18. The van der Waals surface area contributed by atoms with E-state index in [4.69, 9.17) is 44.9 Å². The summed E-state index contributed by atoms with van der Waals surface area (Å²) in [7, 11) is 0. The molecule has 0 spiro atoms. The quantitative estimate of drug-likeness (QED) is 0.202. The number of hydrogen-bond acceptors (Lipinski definition) is 5. The van der Waals surface area contributed by atoms with Gasteiger partial charge in [0.05, 0.1) is 26.0 Å². The summed E-state index contributed by atoms with van der Waals surface area (Å²) in [6, 6.07) is 13.0. The second-order valence-electron chi connectivity index (χ2n) is 7.72. The highest BCUT2D eigenvalue weighted by Crippen LogP contribution is 2.40. The van der Waals surface area contributed by atoms with Crippen molar-refractivity contribution in [2.75, 3.05) is 11.6 Å². The van der Waals surface area contributed by atoms with Gasteiger partial charge in [-0.05, 0) is 103 Å². The van der Waals surface area contributed by atoms with Gasteiger partial charge >= 0.3 is 0 Å². The lowest BCUT2D eigenvalue weighted by molar-refractivity contribution is -0.114.